The molecular formula is C102H60Ag3N7O3S2-9. The van der Waals surface area contributed by atoms with Crippen molar-refractivity contribution in [2.45, 2.75) is 12.8 Å². The summed E-state index contributed by atoms with van der Waals surface area (Å²) in [6.45, 7) is 0. The summed E-state index contributed by atoms with van der Waals surface area (Å²) in [5, 5.41) is 12.2. The first kappa shape index (κ1) is 76.1. The predicted octanol–water partition coefficient (Wildman–Crippen LogP) is 26.7. The van der Waals surface area contributed by atoms with E-state index in [1.54, 1.807) is 28.9 Å². The van der Waals surface area contributed by atoms with E-state index >= 15 is 0 Å². The first-order chi connectivity index (χ1) is 56.4. The molecule has 14 aromatic carbocycles. The van der Waals surface area contributed by atoms with Gasteiger partial charge in [0, 0.05) is 91.1 Å². The Morgan fingerprint density at radius 1 is 0.427 bits per heavy atom. The molecule has 0 amide bonds. The summed E-state index contributed by atoms with van der Waals surface area (Å²) in [6, 6.07) is 135. The number of nitrogens with zero attached hydrogens (tertiary/aromatic N) is 7. The van der Waals surface area contributed by atoms with Crippen molar-refractivity contribution < 1.29 is 80.4 Å². The Hall–Kier alpha value is -12.2. The number of rotatable bonds is 12. The van der Waals surface area contributed by atoms with Gasteiger partial charge in [0.2, 0.25) is 0 Å². The Bertz CT molecular complexity index is 7360. The van der Waals surface area contributed by atoms with Crippen LogP contribution in [-0.2, 0) is 87.0 Å². The molecule has 0 bridgehead atoms. The number of oxazole rings is 2. The molecule has 22 aromatic rings. The van der Waals surface area contributed by atoms with Crippen LogP contribution in [0.1, 0.15) is 11.1 Å². The molecule has 0 fully saturated rings. The third kappa shape index (κ3) is 14.1. The number of furan rings is 1. The number of hydrogen-bond donors (Lipinski definition) is 0. The fraction of sp³-hybridized carbons (Fsp3) is 0.0294. The molecule has 0 spiro atoms. The third-order valence-corrected chi connectivity index (χ3v) is 22.8. The van der Waals surface area contributed by atoms with Gasteiger partial charge in [0.15, 0.2) is 0 Å². The van der Waals surface area contributed by atoms with Crippen molar-refractivity contribution in [3.05, 3.63) is 386 Å². The average Bonchev–Trinajstić information content (AvgIpc) is 1.61. The van der Waals surface area contributed by atoms with Crippen LogP contribution in [-0.4, -0.2) is 24.1 Å². The maximum atomic E-state index is 6.48. The summed E-state index contributed by atoms with van der Waals surface area (Å²) < 4.78 is 25.3. The van der Waals surface area contributed by atoms with E-state index in [0.717, 1.165) is 146 Å². The molecule has 1 aliphatic rings. The predicted molar refractivity (Wildman–Crippen MR) is 463 cm³/mol. The number of benzene rings is 14. The summed E-state index contributed by atoms with van der Waals surface area (Å²) in [5.74, 6) is 1.25. The van der Waals surface area contributed by atoms with Crippen molar-refractivity contribution in [3.63, 3.8) is 0 Å². The minimum Gasteiger partial charge on any atom is -0.442 e. The molecule has 8 heterocycles. The quantitative estimate of drug-likeness (QED) is 0.0882. The minimum atomic E-state index is 0. The molecule has 0 saturated heterocycles. The van der Waals surface area contributed by atoms with Crippen molar-refractivity contribution in [2.24, 2.45) is 7.05 Å². The monoisotopic (exact) mass is 1820 g/mol. The molecule has 0 aliphatic heterocycles. The summed E-state index contributed by atoms with van der Waals surface area (Å²) in [4.78, 5) is 19.1. The number of anilines is 6. The van der Waals surface area contributed by atoms with Crippen molar-refractivity contribution in [3.8, 4) is 72.8 Å². The van der Waals surface area contributed by atoms with Crippen molar-refractivity contribution in [1.82, 2.24) is 24.1 Å². The fourth-order valence-corrected chi connectivity index (χ4v) is 17.4. The van der Waals surface area contributed by atoms with E-state index < -0.39 is 0 Å². The van der Waals surface area contributed by atoms with Crippen molar-refractivity contribution in [1.29, 1.82) is 0 Å². The van der Waals surface area contributed by atoms with Crippen LogP contribution in [0, 0.1) is 54.6 Å². The molecule has 0 atom stereocenters. The summed E-state index contributed by atoms with van der Waals surface area (Å²) in [6.07, 6.45) is 3.68. The summed E-state index contributed by atoms with van der Waals surface area (Å²) in [7, 11) is 2.07. The van der Waals surface area contributed by atoms with E-state index in [4.69, 9.17) is 28.2 Å². The smallest absolute Gasteiger partial charge is 0.309 e. The number of para-hydroxylation sites is 5. The Kier molecular flexibility index (Phi) is 21.3. The standard InChI is InChI=1S/C36H22N3OS.C33H19N2O2S.C33H19N2.3Ag/c1-38-31-18-7-5-11-25(31)22-32(38)29-17-10-19-33-35(29)37-36(40-33)39(26-13-3-2-4-14-26)27-15-9-12-24(21-27)30-23-41-34-20-8-6-16-28(30)34;1-3-7-21(8-4-1)28-20-36-32-31(28)34-33(37-32)35(24-9-5-2-6-10-24)25-15-13-22-11-12-23-14-16-29-26(17-18-38-29)30(23)27(22)19-25;1-3-11-23(12-4-1)26-17-9-15-25-21-29-27-16-7-8-19-31(27)35(32(29)22-28(25)26)33-20-10-18-30(34-33)24-13-5-2-6-14-24;;;/h2-15,17-20,23H,1H3;1-7,9-10,13-16,18,20H,11-12H2;1-11,13,15-21H;;;/q3*-3;;;. The zero-order valence-electron chi connectivity index (χ0n) is 62.1. The molecule has 3 radical (unpaired) electrons. The normalized spacial score (nSPS) is 11.5. The van der Waals surface area contributed by atoms with Crippen LogP contribution >= 0.6 is 22.7 Å². The third-order valence-electron chi connectivity index (χ3n) is 21.1. The Morgan fingerprint density at radius 3 is 1.85 bits per heavy atom. The van der Waals surface area contributed by atoms with Gasteiger partial charge in [0.25, 0.3) is 0 Å². The molecule has 575 valence electrons. The van der Waals surface area contributed by atoms with Gasteiger partial charge in [0.05, 0.1) is 11.8 Å². The van der Waals surface area contributed by atoms with Crippen LogP contribution < -0.4 is 9.80 Å². The van der Waals surface area contributed by atoms with Crippen molar-refractivity contribution in [2.75, 3.05) is 9.80 Å². The van der Waals surface area contributed by atoms with E-state index in [2.05, 4.69) is 222 Å². The van der Waals surface area contributed by atoms with Crippen LogP contribution in [0.5, 0.6) is 0 Å². The Balaban J connectivity index is 0.000000120. The van der Waals surface area contributed by atoms with Gasteiger partial charge in [-0.1, -0.05) is 153 Å². The van der Waals surface area contributed by atoms with Crippen molar-refractivity contribution >= 4 is 144 Å². The van der Waals surface area contributed by atoms with Gasteiger partial charge < -0.3 is 22.4 Å². The second-order valence-corrected chi connectivity index (χ2v) is 29.6. The first-order valence-corrected chi connectivity index (χ1v) is 39.3. The Labute approximate surface area is 729 Å². The summed E-state index contributed by atoms with van der Waals surface area (Å²) >= 11 is 3.44. The maximum absolute atomic E-state index is 6.48. The molecule has 117 heavy (non-hydrogen) atoms. The number of aryl methyl sites for hydroxylation is 3. The maximum Gasteiger partial charge on any atom is 0.309 e. The molecule has 8 aromatic heterocycles. The molecule has 0 N–H and O–H groups in total. The molecular weight excluding hydrogens is 1760 g/mol. The van der Waals surface area contributed by atoms with Gasteiger partial charge in [0.1, 0.15) is 16.9 Å². The Morgan fingerprint density at radius 2 is 1.07 bits per heavy atom. The van der Waals surface area contributed by atoms with Gasteiger partial charge >= 0.3 is 17.8 Å². The van der Waals surface area contributed by atoms with Crippen LogP contribution in [0.2, 0.25) is 0 Å². The van der Waals surface area contributed by atoms with Gasteiger partial charge in [-0.3, -0.25) is 14.8 Å². The van der Waals surface area contributed by atoms with E-state index in [1.807, 2.05) is 173 Å². The van der Waals surface area contributed by atoms with Crippen LogP contribution in [0.3, 0.4) is 0 Å². The van der Waals surface area contributed by atoms with Crippen LogP contribution in [0.25, 0.3) is 159 Å². The van der Waals surface area contributed by atoms with E-state index in [9.17, 15) is 0 Å². The summed E-state index contributed by atoms with van der Waals surface area (Å²) in [5.41, 5.74) is 23.9. The van der Waals surface area contributed by atoms with Gasteiger partial charge in [-0.05, 0) is 99.2 Å². The zero-order chi connectivity index (χ0) is 75.6. The molecule has 1 aliphatic carbocycles. The van der Waals surface area contributed by atoms with E-state index in [-0.39, 0.29) is 67.1 Å². The van der Waals surface area contributed by atoms with Crippen LogP contribution in [0.15, 0.2) is 334 Å². The first-order valence-electron chi connectivity index (χ1n) is 37.5. The van der Waals surface area contributed by atoms with Gasteiger partial charge in [-0.2, -0.15) is 22.0 Å². The zero-order valence-corrected chi connectivity index (χ0v) is 68.2. The number of aromatic nitrogens is 5. The average molecular weight is 1820 g/mol. The largest absolute Gasteiger partial charge is 0.442 e. The van der Waals surface area contributed by atoms with Gasteiger partial charge in [-0.15, -0.1) is 260 Å². The number of hydrogen-bond acceptors (Lipinski definition) is 10. The molecule has 0 unspecified atom stereocenters. The topological polar surface area (TPSA) is 94.4 Å². The number of pyridine rings is 1. The fourth-order valence-electron chi connectivity index (χ4n) is 15.7. The van der Waals surface area contributed by atoms with E-state index in [0.29, 0.717) is 28.9 Å². The van der Waals surface area contributed by atoms with Gasteiger partial charge in [-0.25, -0.2) is 27.7 Å². The number of fused-ring (bicyclic) bond motifs is 13. The second kappa shape index (κ2) is 32.8. The van der Waals surface area contributed by atoms with Crippen LogP contribution in [0.4, 0.5) is 34.8 Å². The van der Waals surface area contributed by atoms with E-state index in [1.165, 1.54) is 42.2 Å². The number of thiophene rings is 2. The molecule has 15 heteroatoms. The second-order valence-electron chi connectivity index (χ2n) is 27.8. The molecule has 23 rings (SSSR count). The molecule has 0 saturated carbocycles. The molecule has 10 nitrogen and oxygen atoms in total. The minimum absolute atomic E-state index is 0. The SMILES string of the molecule is Cn1c(-c2cccc3oc(N(c4[c-]c(-c5csc6ccc[c-]c56)ccc4)c4ccccc4)nc23)[c-]c2ccccc21.[Ag].[Ag].[Ag].[c-]1ccccc1-c1cccc(-n2c3[c-]c4c(-c5[c-]cccc5)cccc4cc3c3ccccc32)n1.[c-]1ccccc1-c1coc2oc(N(c3[c-]c4c(cc3)CCc3ccc5sc[c-]c5c3-4)c3ccccc3)nc12.